The standard InChI is InChI=1S/C15H11N3/c1-2-6-11(7-3-1)13-10-18-14-9-5-4-8-12(14)16-15(18)17-13/h1-10H,(H,16,17). The van der Waals surface area contributed by atoms with E-state index in [1.54, 1.807) is 0 Å². The molecule has 86 valence electrons. The summed E-state index contributed by atoms with van der Waals surface area (Å²) < 4.78 is 2.09. The van der Waals surface area contributed by atoms with Crippen LogP contribution in [-0.2, 0) is 0 Å². The number of para-hydroxylation sites is 2. The van der Waals surface area contributed by atoms with Crippen molar-refractivity contribution >= 4 is 16.8 Å². The lowest BCUT2D eigenvalue weighted by molar-refractivity contribution is 1.25. The first kappa shape index (κ1) is 9.48. The molecule has 0 radical (unpaired) electrons. The molecule has 0 amide bonds. The van der Waals surface area contributed by atoms with Gasteiger partial charge in [0.05, 0.1) is 16.7 Å². The van der Waals surface area contributed by atoms with Gasteiger partial charge in [0.25, 0.3) is 0 Å². The second kappa shape index (κ2) is 3.47. The summed E-state index contributed by atoms with van der Waals surface area (Å²) in [5.41, 5.74) is 4.40. The second-order valence-electron chi connectivity index (χ2n) is 4.33. The van der Waals surface area contributed by atoms with E-state index in [0.29, 0.717) is 0 Å². The minimum Gasteiger partial charge on any atom is -0.323 e. The summed E-state index contributed by atoms with van der Waals surface area (Å²) in [6.07, 6.45) is 2.07. The first-order valence-corrected chi connectivity index (χ1v) is 5.93. The first-order chi connectivity index (χ1) is 8.92. The van der Waals surface area contributed by atoms with Crippen molar-refractivity contribution in [3.05, 3.63) is 60.8 Å². The molecule has 0 saturated heterocycles. The Morgan fingerprint density at radius 3 is 2.56 bits per heavy atom. The number of imidazole rings is 2. The lowest BCUT2D eigenvalue weighted by Gasteiger charge is -1.94. The fourth-order valence-electron chi connectivity index (χ4n) is 2.31. The van der Waals surface area contributed by atoms with Gasteiger partial charge in [-0.25, -0.2) is 4.98 Å². The summed E-state index contributed by atoms with van der Waals surface area (Å²) in [4.78, 5) is 7.95. The van der Waals surface area contributed by atoms with E-state index < -0.39 is 0 Å². The first-order valence-electron chi connectivity index (χ1n) is 5.93. The SMILES string of the molecule is c1ccc(-c2cn3c(n2)[nH]c2ccccc23)cc1. The van der Waals surface area contributed by atoms with Gasteiger partial charge in [-0.2, -0.15) is 0 Å². The molecule has 0 aliphatic heterocycles. The van der Waals surface area contributed by atoms with Crippen molar-refractivity contribution in [2.45, 2.75) is 0 Å². The lowest BCUT2D eigenvalue weighted by Crippen LogP contribution is -1.77. The molecule has 0 bridgehead atoms. The van der Waals surface area contributed by atoms with Gasteiger partial charge in [-0.3, -0.25) is 4.40 Å². The zero-order valence-corrected chi connectivity index (χ0v) is 9.67. The fourth-order valence-corrected chi connectivity index (χ4v) is 2.31. The van der Waals surface area contributed by atoms with Gasteiger partial charge in [0, 0.05) is 11.8 Å². The average molecular weight is 233 g/mol. The fraction of sp³-hybridized carbons (Fsp3) is 0. The van der Waals surface area contributed by atoms with E-state index in [1.807, 2.05) is 30.3 Å². The van der Waals surface area contributed by atoms with Crippen molar-refractivity contribution in [2.24, 2.45) is 0 Å². The number of aromatic nitrogens is 3. The van der Waals surface area contributed by atoms with Gasteiger partial charge in [0.15, 0.2) is 0 Å². The molecule has 4 rings (SSSR count). The number of nitrogens with one attached hydrogen (secondary N) is 1. The van der Waals surface area contributed by atoms with Crippen molar-refractivity contribution in [1.82, 2.24) is 14.4 Å². The van der Waals surface area contributed by atoms with E-state index in [2.05, 4.69) is 44.8 Å². The van der Waals surface area contributed by atoms with E-state index >= 15 is 0 Å². The molecule has 0 aliphatic carbocycles. The summed E-state index contributed by atoms with van der Waals surface area (Å²) in [7, 11) is 0. The molecule has 0 saturated carbocycles. The van der Waals surface area contributed by atoms with Crippen molar-refractivity contribution in [3.63, 3.8) is 0 Å². The topological polar surface area (TPSA) is 33.1 Å². The van der Waals surface area contributed by atoms with Crippen LogP contribution in [0.25, 0.3) is 28.1 Å². The Hall–Kier alpha value is -2.55. The highest BCUT2D eigenvalue weighted by Crippen LogP contribution is 2.22. The Balaban J connectivity index is 2.00. The normalized spacial score (nSPS) is 11.3. The number of hydrogen-bond acceptors (Lipinski definition) is 1. The zero-order chi connectivity index (χ0) is 11.9. The summed E-state index contributed by atoms with van der Waals surface area (Å²) in [6, 6.07) is 18.4. The average Bonchev–Trinajstić information content (AvgIpc) is 2.97. The van der Waals surface area contributed by atoms with E-state index in [0.717, 1.165) is 28.1 Å². The molecular weight excluding hydrogens is 222 g/mol. The quantitative estimate of drug-likeness (QED) is 0.536. The number of hydrogen-bond donors (Lipinski definition) is 1. The molecule has 1 N–H and O–H groups in total. The molecule has 2 heterocycles. The molecule has 0 spiro atoms. The number of benzene rings is 2. The van der Waals surface area contributed by atoms with Crippen molar-refractivity contribution in [3.8, 4) is 11.3 Å². The number of rotatable bonds is 1. The second-order valence-corrected chi connectivity index (χ2v) is 4.33. The number of aromatic amines is 1. The Morgan fingerprint density at radius 1 is 0.889 bits per heavy atom. The maximum Gasteiger partial charge on any atom is 0.212 e. The number of nitrogens with zero attached hydrogens (tertiary/aromatic N) is 2. The molecule has 0 atom stereocenters. The van der Waals surface area contributed by atoms with E-state index in [1.165, 1.54) is 0 Å². The van der Waals surface area contributed by atoms with Crippen LogP contribution < -0.4 is 0 Å². The molecule has 0 aliphatic rings. The van der Waals surface area contributed by atoms with Gasteiger partial charge < -0.3 is 4.98 Å². The minimum absolute atomic E-state index is 0.884. The van der Waals surface area contributed by atoms with Crippen molar-refractivity contribution in [2.75, 3.05) is 0 Å². The van der Waals surface area contributed by atoms with Gasteiger partial charge in [0.1, 0.15) is 0 Å². The van der Waals surface area contributed by atoms with Crippen LogP contribution in [0.1, 0.15) is 0 Å². The summed E-state index contributed by atoms with van der Waals surface area (Å²) in [5, 5.41) is 0. The van der Waals surface area contributed by atoms with Crippen LogP contribution in [0, 0.1) is 0 Å². The Kier molecular flexibility index (Phi) is 1.83. The Labute approximate surface area is 104 Å². The van der Waals surface area contributed by atoms with Crippen LogP contribution in [0.2, 0.25) is 0 Å². The maximum absolute atomic E-state index is 4.63. The monoisotopic (exact) mass is 233 g/mol. The summed E-state index contributed by atoms with van der Waals surface area (Å²) in [5.74, 6) is 0.884. The van der Waals surface area contributed by atoms with E-state index in [4.69, 9.17) is 0 Å². The zero-order valence-electron chi connectivity index (χ0n) is 9.67. The van der Waals surface area contributed by atoms with Crippen LogP contribution in [0.4, 0.5) is 0 Å². The maximum atomic E-state index is 4.63. The largest absolute Gasteiger partial charge is 0.323 e. The molecular formula is C15H11N3. The van der Waals surface area contributed by atoms with E-state index in [9.17, 15) is 0 Å². The third-order valence-corrected chi connectivity index (χ3v) is 3.19. The molecule has 3 nitrogen and oxygen atoms in total. The smallest absolute Gasteiger partial charge is 0.212 e. The van der Waals surface area contributed by atoms with Crippen molar-refractivity contribution in [1.29, 1.82) is 0 Å². The molecule has 2 aromatic heterocycles. The number of fused-ring (bicyclic) bond motifs is 3. The van der Waals surface area contributed by atoms with Gasteiger partial charge in [-0.1, -0.05) is 42.5 Å². The highest BCUT2D eigenvalue weighted by molar-refractivity contribution is 5.80. The third kappa shape index (κ3) is 1.27. The summed E-state index contributed by atoms with van der Waals surface area (Å²) in [6.45, 7) is 0. The highest BCUT2D eigenvalue weighted by Gasteiger charge is 2.08. The van der Waals surface area contributed by atoms with Gasteiger partial charge in [0.2, 0.25) is 5.78 Å². The Morgan fingerprint density at radius 2 is 1.67 bits per heavy atom. The van der Waals surface area contributed by atoms with Crippen LogP contribution in [0.5, 0.6) is 0 Å². The molecule has 2 aromatic carbocycles. The Bertz CT molecular complexity index is 825. The van der Waals surface area contributed by atoms with E-state index in [-0.39, 0.29) is 0 Å². The highest BCUT2D eigenvalue weighted by atomic mass is 15.1. The van der Waals surface area contributed by atoms with Gasteiger partial charge in [-0.15, -0.1) is 0 Å². The molecule has 4 aromatic rings. The molecule has 0 unspecified atom stereocenters. The third-order valence-electron chi connectivity index (χ3n) is 3.19. The van der Waals surface area contributed by atoms with Crippen LogP contribution >= 0.6 is 0 Å². The minimum atomic E-state index is 0.884. The van der Waals surface area contributed by atoms with Gasteiger partial charge in [-0.05, 0) is 12.1 Å². The van der Waals surface area contributed by atoms with Crippen LogP contribution in [0.15, 0.2) is 60.8 Å². The molecule has 3 heteroatoms. The molecule has 18 heavy (non-hydrogen) atoms. The van der Waals surface area contributed by atoms with Crippen molar-refractivity contribution < 1.29 is 0 Å². The lowest BCUT2D eigenvalue weighted by atomic mass is 10.2. The molecule has 0 fully saturated rings. The van der Waals surface area contributed by atoms with Gasteiger partial charge >= 0.3 is 0 Å². The predicted octanol–water partition coefficient (Wildman–Crippen LogP) is 3.48. The number of H-pyrrole nitrogens is 1. The van der Waals surface area contributed by atoms with Crippen LogP contribution in [0.3, 0.4) is 0 Å². The predicted molar refractivity (Wildman–Crippen MR) is 72.5 cm³/mol. The van der Waals surface area contributed by atoms with Crippen LogP contribution in [-0.4, -0.2) is 14.4 Å². The summed E-state index contributed by atoms with van der Waals surface area (Å²) >= 11 is 0.